The Balaban J connectivity index is 2.96. The average molecular weight is 156 g/mol. The van der Waals surface area contributed by atoms with Crippen LogP contribution in [0, 0.1) is 0 Å². The molecule has 0 spiro atoms. The van der Waals surface area contributed by atoms with Crippen molar-refractivity contribution in [2.45, 2.75) is 6.61 Å². The molecular weight excluding hydrogens is 148 g/mol. The zero-order valence-electron chi connectivity index (χ0n) is 6.03. The van der Waals surface area contributed by atoms with Gasteiger partial charge in [0.25, 0.3) is 0 Å². The van der Waals surface area contributed by atoms with E-state index in [4.69, 9.17) is 14.3 Å². The van der Waals surface area contributed by atoms with Crippen molar-refractivity contribution < 1.29 is 14.3 Å². The fourth-order valence-corrected chi connectivity index (χ4v) is 0.662. The number of aromatic hydroxyl groups is 1. The van der Waals surface area contributed by atoms with Crippen LogP contribution in [0.25, 0.3) is 0 Å². The van der Waals surface area contributed by atoms with Crippen molar-refractivity contribution >= 4 is 0 Å². The molecule has 1 aromatic heterocycles. The molecule has 4 heteroatoms. The van der Waals surface area contributed by atoms with Crippen LogP contribution in [0.5, 0.6) is 5.75 Å². The molecule has 0 fully saturated rings. The summed E-state index contributed by atoms with van der Waals surface area (Å²) in [6.45, 7) is 0.232. The van der Waals surface area contributed by atoms with Crippen molar-refractivity contribution in [3.63, 3.8) is 0 Å². The molecule has 1 aromatic rings. The number of ether oxygens (including phenoxy) is 1. The second-order valence-corrected chi connectivity index (χ2v) is 2.03. The highest BCUT2D eigenvalue weighted by Crippen LogP contribution is 2.03. The second-order valence-electron chi connectivity index (χ2n) is 2.03. The van der Waals surface area contributed by atoms with E-state index in [1.165, 1.54) is 13.2 Å². The molecule has 0 amide bonds. The maximum Gasteiger partial charge on any atom is 0.226 e. The first kappa shape index (κ1) is 7.81. The molecule has 0 aliphatic carbocycles. The number of rotatable bonds is 2. The Labute approximate surface area is 63.0 Å². The smallest absolute Gasteiger partial charge is 0.226 e. The maximum atomic E-state index is 10.7. The van der Waals surface area contributed by atoms with E-state index >= 15 is 0 Å². The van der Waals surface area contributed by atoms with Crippen molar-refractivity contribution in [3.8, 4) is 5.75 Å². The molecule has 0 atom stereocenters. The van der Waals surface area contributed by atoms with E-state index < -0.39 is 5.43 Å². The Hall–Kier alpha value is -1.29. The highest BCUT2D eigenvalue weighted by molar-refractivity contribution is 5.14. The minimum Gasteiger partial charge on any atom is -0.502 e. The van der Waals surface area contributed by atoms with Gasteiger partial charge in [-0.1, -0.05) is 0 Å². The van der Waals surface area contributed by atoms with E-state index in [2.05, 4.69) is 0 Å². The van der Waals surface area contributed by atoms with Gasteiger partial charge in [-0.3, -0.25) is 4.79 Å². The summed E-state index contributed by atoms with van der Waals surface area (Å²) in [4.78, 5) is 10.7. The van der Waals surface area contributed by atoms with Gasteiger partial charge in [-0.15, -0.1) is 0 Å². The third kappa shape index (κ3) is 1.81. The van der Waals surface area contributed by atoms with E-state index in [1.807, 2.05) is 0 Å². The summed E-state index contributed by atoms with van der Waals surface area (Å²) in [5.74, 6) is 0.0140. The zero-order chi connectivity index (χ0) is 8.27. The summed E-state index contributed by atoms with van der Waals surface area (Å²) in [5.41, 5.74) is -0.455. The standard InChI is InChI=1S/C7H8O4/c1-10-3-5-2-6(8)7(9)4-11-5/h2,4,9H,3H2,1H3. The van der Waals surface area contributed by atoms with Crippen LogP contribution >= 0.6 is 0 Å². The topological polar surface area (TPSA) is 59.7 Å². The molecule has 1 N–H and O–H groups in total. The molecule has 0 bridgehead atoms. The molecule has 1 heterocycles. The van der Waals surface area contributed by atoms with Crippen LogP contribution in [-0.4, -0.2) is 12.2 Å². The summed E-state index contributed by atoms with van der Waals surface area (Å²) in [6.07, 6.45) is 0.997. The highest BCUT2D eigenvalue weighted by Gasteiger charge is 1.99. The number of methoxy groups -OCH3 is 1. The highest BCUT2D eigenvalue weighted by atomic mass is 16.5. The van der Waals surface area contributed by atoms with Gasteiger partial charge in [-0.2, -0.15) is 0 Å². The van der Waals surface area contributed by atoms with E-state index in [1.54, 1.807) is 0 Å². The molecule has 11 heavy (non-hydrogen) atoms. The third-order valence-electron chi connectivity index (χ3n) is 1.15. The Bertz CT molecular complexity index is 289. The molecule has 0 saturated carbocycles. The molecule has 0 aliphatic heterocycles. The van der Waals surface area contributed by atoms with Gasteiger partial charge in [0.05, 0.1) is 0 Å². The van der Waals surface area contributed by atoms with E-state index in [0.717, 1.165) is 6.26 Å². The molecule has 0 unspecified atom stereocenters. The van der Waals surface area contributed by atoms with Crippen molar-refractivity contribution in [1.82, 2.24) is 0 Å². The maximum absolute atomic E-state index is 10.7. The van der Waals surface area contributed by atoms with Gasteiger partial charge in [0.1, 0.15) is 18.6 Å². The van der Waals surface area contributed by atoms with Gasteiger partial charge in [-0.05, 0) is 0 Å². The molecule has 0 saturated heterocycles. The fraction of sp³-hybridized carbons (Fsp3) is 0.286. The Morgan fingerprint density at radius 3 is 3.00 bits per heavy atom. The lowest BCUT2D eigenvalue weighted by Crippen LogP contribution is -2.00. The summed E-state index contributed by atoms with van der Waals surface area (Å²) in [5, 5.41) is 8.76. The SMILES string of the molecule is COCc1cc(=O)c(O)co1. The Morgan fingerprint density at radius 2 is 2.45 bits per heavy atom. The van der Waals surface area contributed by atoms with Crippen LogP contribution in [0.15, 0.2) is 21.5 Å². The lowest BCUT2D eigenvalue weighted by Gasteiger charge is -1.96. The van der Waals surface area contributed by atoms with Crippen LogP contribution in [0.3, 0.4) is 0 Å². The predicted molar refractivity (Wildman–Crippen MR) is 37.4 cm³/mol. The molecule has 60 valence electrons. The van der Waals surface area contributed by atoms with E-state index in [0.29, 0.717) is 5.76 Å². The van der Waals surface area contributed by atoms with Gasteiger partial charge in [0, 0.05) is 13.2 Å². The van der Waals surface area contributed by atoms with Gasteiger partial charge in [0.2, 0.25) is 5.43 Å². The predicted octanol–water partition coefficient (Wildman–Crippen LogP) is 0.492. The summed E-state index contributed by atoms with van der Waals surface area (Å²) in [6, 6.07) is 1.19. The van der Waals surface area contributed by atoms with Crippen LogP contribution in [0.4, 0.5) is 0 Å². The molecule has 4 nitrogen and oxygen atoms in total. The lowest BCUT2D eigenvalue weighted by atomic mass is 10.4. The van der Waals surface area contributed by atoms with Gasteiger partial charge < -0.3 is 14.3 Å². The first-order valence-corrected chi connectivity index (χ1v) is 3.03. The second kappa shape index (κ2) is 3.21. The molecule has 0 aromatic carbocycles. The Morgan fingerprint density at radius 1 is 1.73 bits per heavy atom. The zero-order valence-corrected chi connectivity index (χ0v) is 6.03. The van der Waals surface area contributed by atoms with Crippen molar-refractivity contribution in [2.75, 3.05) is 7.11 Å². The van der Waals surface area contributed by atoms with Gasteiger partial charge >= 0.3 is 0 Å². The first-order chi connectivity index (χ1) is 5.24. The van der Waals surface area contributed by atoms with Crippen molar-refractivity contribution in [3.05, 3.63) is 28.3 Å². The summed E-state index contributed by atoms with van der Waals surface area (Å²) < 4.78 is 9.51. The fourth-order valence-electron chi connectivity index (χ4n) is 0.662. The normalized spacial score (nSPS) is 9.91. The first-order valence-electron chi connectivity index (χ1n) is 3.03. The molecule has 1 rings (SSSR count). The molecule has 0 radical (unpaired) electrons. The van der Waals surface area contributed by atoms with Gasteiger partial charge in [0.15, 0.2) is 5.75 Å². The van der Waals surface area contributed by atoms with E-state index in [9.17, 15) is 4.79 Å². The average Bonchev–Trinajstić information content (AvgIpc) is 1.98. The van der Waals surface area contributed by atoms with Crippen LogP contribution in [0.2, 0.25) is 0 Å². The van der Waals surface area contributed by atoms with E-state index in [-0.39, 0.29) is 12.4 Å². The monoisotopic (exact) mass is 156 g/mol. The van der Waals surface area contributed by atoms with Crippen LogP contribution in [0.1, 0.15) is 5.76 Å². The quantitative estimate of drug-likeness (QED) is 0.677. The minimum atomic E-state index is -0.455. The summed E-state index contributed by atoms with van der Waals surface area (Å²) >= 11 is 0. The Kier molecular flexibility index (Phi) is 2.28. The lowest BCUT2D eigenvalue weighted by molar-refractivity contribution is 0.161. The molecule has 0 aliphatic rings. The van der Waals surface area contributed by atoms with Crippen LogP contribution in [-0.2, 0) is 11.3 Å². The minimum absolute atomic E-state index is 0.232. The third-order valence-corrected chi connectivity index (χ3v) is 1.15. The van der Waals surface area contributed by atoms with Crippen LogP contribution < -0.4 is 5.43 Å². The van der Waals surface area contributed by atoms with Gasteiger partial charge in [-0.25, -0.2) is 0 Å². The molecular formula is C7H8O4. The van der Waals surface area contributed by atoms with Crippen molar-refractivity contribution in [1.29, 1.82) is 0 Å². The largest absolute Gasteiger partial charge is 0.502 e. The summed E-state index contributed by atoms with van der Waals surface area (Å²) in [7, 11) is 1.49. The van der Waals surface area contributed by atoms with Crippen molar-refractivity contribution in [2.24, 2.45) is 0 Å². The number of hydrogen-bond donors (Lipinski definition) is 1. The number of hydrogen-bond acceptors (Lipinski definition) is 4.